The molecular weight excluding hydrogens is 216 g/mol. The first-order valence-corrected chi connectivity index (χ1v) is 5.21. The minimum absolute atomic E-state index is 0.0631. The Kier molecular flexibility index (Phi) is 4.81. The number of aliphatic hydroxyl groups is 2. The standard InChI is InChI=1S/C10H15ClN2O2/c1-2-13(3-4-14)10-9(11)5-8(7-15)6-12-10/h5-6,14-15H,2-4,7H2,1H3. The van der Waals surface area contributed by atoms with Crippen molar-refractivity contribution >= 4 is 17.4 Å². The molecule has 1 aromatic heterocycles. The smallest absolute Gasteiger partial charge is 0.147 e. The summed E-state index contributed by atoms with van der Waals surface area (Å²) in [6, 6.07) is 1.68. The molecule has 15 heavy (non-hydrogen) atoms. The number of pyridine rings is 1. The topological polar surface area (TPSA) is 56.6 Å². The summed E-state index contributed by atoms with van der Waals surface area (Å²) in [5, 5.41) is 18.3. The van der Waals surface area contributed by atoms with Gasteiger partial charge in [-0.3, -0.25) is 0 Å². The lowest BCUT2D eigenvalue weighted by atomic mass is 10.3. The molecule has 0 saturated carbocycles. The van der Waals surface area contributed by atoms with Crippen molar-refractivity contribution in [3.8, 4) is 0 Å². The normalized spacial score (nSPS) is 10.4. The average molecular weight is 231 g/mol. The number of anilines is 1. The number of hydrogen-bond donors (Lipinski definition) is 2. The van der Waals surface area contributed by atoms with Crippen molar-refractivity contribution in [1.29, 1.82) is 0 Å². The van der Waals surface area contributed by atoms with E-state index in [0.29, 0.717) is 22.9 Å². The van der Waals surface area contributed by atoms with E-state index in [1.54, 1.807) is 12.3 Å². The molecule has 2 N–H and O–H groups in total. The van der Waals surface area contributed by atoms with E-state index in [0.717, 1.165) is 6.54 Å². The summed E-state index contributed by atoms with van der Waals surface area (Å²) in [5.74, 6) is 0.644. The maximum Gasteiger partial charge on any atom is 0.147 e. The fourth-order valence-electron chi connectivity index (χ4n) is 1.32. The number of rotatable bonds is 5. The molecule has 1 rings (SSSR count). The SMILES string of the molecule is CCN(CCO)c1ncc(CO)cc1Cl. The Morgan fingerprint density at radius 2 is 2.20 bits per heavy atom. The molecule has 0 aliphatic rings. The summed E-state index contributed by atoms with van der Waals surface area (Å²) < 4.78 is 0. The number of nitrogens with zero attached hydrogens (tertiary/aromatic N) is 2. The van der Waals surface area contributed by atoms with Crippen LogP contribution >= 0.6 is 11.6 Å². The fraction of sp³-hybridized carbons (Fsp3) is 0.500. The van der Waals surface area contributed by atoms with Crippen molar-refractivity contribution in [2.24, 2.45) is 0 Å². The van der Waals surface area contributed by atoms with Gasteiger partial charge in [0.05, 0.1) is 18.2 Å². The van der Waals surface area contributed by atoms with Crippen LogP contribution in [0.25, 0.3) is 0 Å². The largest absolute Gasteiger partial charge is 0.395 e. The molecule has 1 heterocycles. The van der Waals surface area contributed by atoms with Crippen LogP contribution in [0.4, 0.5) is 5.82 Å². The molecule has 0 bridgehead atoms. The summed E-state index contributed by atoms with van der Waals surface area (Å²) in [6.07, 6.45) is 1.58. The molecule has 0 atom stereocenters. The van der Waals surface area contributed by atoms with Gasteiger partial charge in [0.2, 0.25) is 0 Å². The Morgan fingerprint density at radius 1 is 1.47 bits per heavy atom. The Bertz CT molecular complexity index is 320. The number of likely N-dealkylation sites (N-methyl/N-ethyl adjacent to an activating group) is 1. The average Bonchev–Trinajstić information content (AvgIpc) is 2.26. The Hall–Kier alpha value is -0.840. The molecule has 1 aromatic rings. The Labute approximate surface area is 94.1 Å². The second kappa shape index (κ2) is 5.90. The molecule has 0 aliphatic heterocycles. The zero-order valence-electron chi connectivity index (χ0n) is 8.65. The van der Waals surface area contributed by atoms with Crippen LogP contribution in [0.5, 0.6) is 0 Å². The molecule has 0 amide bonds. The van der Waals surface area contributed by atoms with Gasteiger partial charge in [-0.2, -0.15) is 0 Å². The summed E-state index contributed by atoms with van der Waals surface area (Å²) in [7, 11) is 0. The molecular formula is C10H15ClN2O2. The van der Waals surface area contributed by atoms with E-state index < -0.39 is 0 Å². The van der Waals surface area contributed by atoms with Crippen LogP contribution in [-0.4, -0.2) is 34.9 Å². The second-order valence-corrected chi connectivity index (χ2v) is 3.52. The van der Waals surface area contributed by atoms with Crippen LogP contribution in [0.1, 0.15) is 12.5 Å². The van der Waals surface area contributed by atoms with E-state index in [9.17, 15) is 0 Å². The highest BCUT2D eigenvalue weighted by molar-refractivity contribution is 6.33. The molecule has 0 aromatic carbocycles. The van der Waals surface area contributed by atoms with Crippen LogP contribution < -0.4 is 4.90 Å². The maximum atomic E-state index is 8.90. The minimum atomic E-state index is -0.0703. The molecule has 0 radical (unpaired) electrons. The van der Waals surface area contributed by atoms with Gasteiger partial charge < -0.3 is 15.1 Å². The lowest BCUT2D eigenvalue weighted by Gasteiger charge is -2.21. The monoisotopic (exact) mass is 230 g/mol. The number of hydrogen-bond acceptors (Lipinski definition) is 4. The van der Waals surface area contributed by atoms with E-state index in [1.165, 1.54) is 0 Å². The van der Waals surface area contributed by atoms with E-state index >= 15 is 0 Å². The minimum Gasteiger partial charge on any atom is -0.395 e. The molecule has 4 nitrogen and oxygen atoms in total. The van der Waals surface area contributed by atoms with Crippen LogP contribution in [0.2, 0.25) is 5.02 Å². The van der Waals surface area contributed by atoms with Crippen molar-refractivity contribution in [3.05, 3.63) is 22.8 Å². The van der Waals surface area contributed by atoms with Crippen LogP contribution in [0.3, 0.4) is 0 Å². The van der Waals surface area contributed by atoms with Crippen LogP contribution in [-0.2, 0) is 6.61 Å². The molecule has 0 fully saturated rings. The second-order valence-electron chi connectivity index (χ2n) is 3.11. The van der Waals surface area contributed by atoms with E-state index in [4.69, 9.17) is 21.8 Å². The number of halogens is 1. The zero-order valence-corrected chi connectivity index (χ0v) is 9.41. The quantitative estimate of drug-likeness (QED) is 0.794. The van der Waals surface area contributed by atoms with Gasteiger partial charge in [-0.1, -0.05) is 11.6 Å². The van der Waals surface area contributed by atoms with Gasteiger partial charge in [-0.25, -0.2) is 4.98 Å². The lowest BCUT2D eigenvalue weighted by molar-refractivity contribution is 0.281. The van der Waals surface area contributed by atoms with Gasteiger partial charge in [0.15, 0.2) is 0 Å². The third kappa shape index (κ3) is 3.06. The van der Waals surface area contributed by atoms with E-state index in [1.807, 2.05) is 11.8 Å². The number of aromatic nitrogens is 1. The van der Waals surface area contributed by atoms with E-state index in [2.05, 4.69) is 4.98 Å². The van der Waals surface area contributed by atoms with Crippen molar-refractivity contribution in [3.63, 3.8) is 0 Å². The van der Waals surface area contributed by atoms with Crippen molar-refractivity contribution in [2.45, 2.75) is 13.5 Å². The molecule has 0 spiro atoms. The summed E-state index contributed by atoms with van der Waals surface area (Å²) in [6.45, 7) is 3.19. The third-order valence-electron chi connectivity index (χ3n) is 2.11. The third-order valence-corrected chi connectivity index (χ3v) is 2.39. The number of aliphatic hydroxyl groups excluding tert-OH is 2. The van der Waals surface area contributed by atoms with Gasteiger partial charge in [-0.15, -0.1) is 0 Å². The van der Waals surface area contributed by atoms with Crippen LogP contribution in [0.15, 0.2) is 12.3 Å². The molecule has 84 valence electrons. The fourth-order valence-corrected chi connectivity index (χ4v) is 1.63. The first-order chi connectivity index (χ1) is 7.22. The van der Waals surface area contributed by atoms with Gasteiger partial charge in [-0.05, 0) is 18.6 Å². The predicted molar refractivity (Wildman–Crippen MR) is 60.1 cm³/mol. The molecule has 0 aliphatic carbocycles. The summed E-state index contributed by atoms with van der Waals surface area (Å²) in [4.78, 5) is 6.04. The Balaban J connectivity index is 2.92. The Morgan fingerprint density at radius 3 is 2.67 bits per heavy atom. The first-order valence-electron chi connectivity index (χ1n) is 4.84. The molecule has 0 unspecified atom stereocenters. The van der Waals surface area contributed by atoms with Gasteiger partial charge in [0, 0.05) is 19.3 Å². The van der Waals surface area contributed by atoms with Crippen molar-refractivity contribution in [1.82, 2.24) is 4.98 Å². The first kappa shape index (κ1) is 12.2. The van der Waals surface area contributed by atoms with Crippen molar-refractivity contribution < 1.29 is 10.2 Å². The highest BCUT2D eigenvalue weighted by Crippen LogP contribution is 2.23. The zero-order chi connectivity index (χ0) is 11.3. The van der Waals surface area contributed by atoms with Gasteiger partial charge in [0.25, 0.3) is 0 Å². The van der Waals surface area contributed by atoms with Crippen LogP contribution in [0, 0.1) is 0 Å². The summed E-state index contributed by atoms with van der Waals surface area (Å²) in [5.41, 5.74) is 0.684. The maximum absolute atomic E-state index is 8.90. The van der Waals surface area contributed by atoms with Gasteiger partial charge >= 0.3 is 0 Å². The van der Waals surface area contributed by atoms with Crippen molar-refractivity contribution in [2.75, 3.05) is 24.6 Å². The van der Waals surface area contributed by atoms with E-state index in [-0.39, 0.29) is 13.2 Å². The predicted octanol–water partition coefficient (Wildman–Crippen LogP) is 1.05. The molecule has 5 heteroatoms. The summed E-state index contributed by atoms with van der Waals surface area (Å²) >= 11 is 6.02. The highest BCUT2D eigenvalue weighted by Gasteiger charge is 2.10. The lowest BCUT2D eigenvalue weighted by Crippen LogP contribution is -2.27. The highest BCUT2D eigenvalue weighted by atomic mass is 35.5. The molecule has 0 saturated heterocycles. The van der Waals surface area contributed by atoms with Gasteiger partial charge in [0.1, 0.15) is 5.82 Å².